The van der Waals surface area contributed by atoms with Crippen LogP contribution in [-0.2, 0) is 10.0 Å². The van der Waals surface area contributed by atoms with Crippen LogP contribution in [0.5, 0.6) is 5.75 Å². The van der Waals surface area contributed by atoms with Gasteiger partial charge in [-0.1, -0.05) is 23.7 Å². The second-order valence-corrected chi connectivity index (χ2v) is 9.51. The van der Waals surface area contributed by atoms with Crippen LogP contribution < -0.4 is 14.4 Å². The zero-order valence-electron chi connectivity index (χ0n) is 17.9. The molecule has 0 atom stereocenters. The van der Waals surface area contributed by atoms with Crippen molar-refractivity contribution in [1.82, 2.24) is 9.88 Å². The Labute approximate surface area is 197 Å². The average Bonchev–Trinajstić information content (AvgIpc) is 2.84. The predicted molar refractivity (Wildman–Crippen MR) is 128 cm³/mol. The second-order valence-electron chi connectivity index (χ2n) is 7.42. The molecule has 0 bridgehead atoms. The zero-order chi connectivity index (χ0) is 23.4. The van der Waals surface area contributed by atoms with E-state index < -0.39 is 10.0 Å². The first kappa shape index (κ1) is 22.9. The van der Waals surface area contributed by atoms with Crippen LogP contribution in [0.25, 0.3) is 0 Å². The molecule has 172 valence electrons. The normalized spacial score (nSPS) is 14.1. The number of carbonyl (C=O) groups is 1. The highest BCUT2D eigenvalue weighted by Gasteiger charge is 2.24. The van der Waals surface area contributed by atoms with Crippen LogP contribution >= 0.6 is 11.6 Å². The molecule has 1 aliphatic heterocycles. The molecule has 0 saturated carbocycles. The minimum atomic E-state index is -3.84. The van der Waals surface area contributed by atoms with E-state index in [1.807, 2.05) is 4.90 Å². The monoisotopic (exact) mass is 486 g/mol. The maximum Gasteiger partial charge on any atom is 0.262 e. The fourth-order valence-corrected chi connectivity index (χ4v) is 4.93. The van der Waals surface area contributed by atoms with Crippen molar-refractivity contribution in [1.29, 1.82) is 0 Å². The van der Waals surface area contributed by atoms with E-state index in [2.05, 4.69) is 9.71 Å². The maximum absolute atomic E-state index is 12.9. The number of para-hydroxylation sites is 2. The Morgan fingerprint density at radius 3 is 2.36 bits per heavy atom. The number of anilines is 2. The van der Waals surface area contributed by atoms with E-state index in [1.165, 1.54) is 31.4 Å². The molecule has 0 aliphatic carbocycles. The summed E-state index contributed by atoms with van der Waals surface area (Å²) >= 11 is 6.23. The van der Waals surface area contributed by atoms with Crippen LogP contribution in [-0.4, -0.2) is 57.5 Å². The molecule has 0 unspecified atom stereocenters. The van der Waals surface area contributed by atoms with Crippen LogP contribution in [0.3, 0.4) is 0 Å². The number of benzene rings is 2. The number of nitrogens with zero attached hydrogens (tertiary/aromatic N) is 3. The van der Waals surface area contributed by atoms with Crippen LogP contribution in [0.15, 0.2) is 71.8 Å². The van der Waals surface area contributed by atoms with Crippen LogP contribution in [0.1, 0.15) is 10.4 Å². The fourth-order valence-electron chi connectivity index (χ4n) is 3.62. The third-order valence-corrected chi connectivity index (χ3v) is 7.04. The summed E-state index contributed by atoms with van der Waals surface area (Å²) in [6, 6.07) is 16.2. The average molecular weight is 487 g/mol. The van der Waals surface area contributed by atoms with Crippen molar-refractivity contribution in [2.45, 2.75) is 4.90 Å². The highest BCUT2D eigenvalue weighted by atomic mass is 35.5. The Balaban J connectivity index is 1.42. The van der Waals surface area contributed by atoms with E-state index >= 15 is 0 Å². The number of hydrogen-bond donors (Lipinski definition) is 1. The van der Waals surface area contributed by atoms with Crippen LogP contribution in [0.4, 0.5) is 11.5 Å². The molecule has 0 spiro atoms. The van der Waals surface area contributed by atoms with Gasteiger partial charge in [-0.2, -0.15) is 0 Å². The van der Waals surface area contributed by atoms with Gasteiger partial charge in [-0.25, -0.2) is 13.4 Å². The number of sulfonamides is 1. The van der Waals surface area contributed by atoms with Gasteiger partial charge in [0.2, 0.25) is 0 Å². The van der Waals surface area contributed by atoms with Gasteiger partial charge >= 0.3 is 0 Å². The Morgan fingerprint density at radius 2 is 1.70 bits per heavy atom. The van der Waals surface area contributed by atoms with Crippen molar-refractivity contribution in [3.63, 3.8) is 0 Å². The van der Waals surface area contributed by atoms with Crippen molar-refractivity contribution < 1.29 is 17.9 Å². The highest BCUT2D eigenvalue weighted by Crippen LogP contribution is 2.27. The van der Waals surface area contributed by atoms with Crippen LogP contribution in [0.2, 0.25) is 5.02 Å². The Hall–Kier alpha value is -3.30. The third-order valence-electron chi connectivity index (χ3n) is 5.37. The van der Waals surface area contributed by atoms with E-state index in [0.29, 0.717) is 54.0 Å². The molecule has 4 rings (SSSR count). The lowest BCUT2D eigenvalue weighted by Crippen LogP contribution is -2.49. The lowest BCUT2D eigenvalue weighted by molar-refractivity contribution is 0.0746. The highest BCUT2D eigenvalue weighted by molar-refractivity contribution is 7.92. The molecular formula is C23H23ClN4O4S. The number of aromatic nitrogens is 1. The Bertz CT molecular complexity index is 1240. The summed E-state index contributed by atoms with van der Waals surface area (Å²) < 4.78 is 33.2. The predicted octanol–water partition coefficient (Wildman–Crippen LogP) is 3.51. The molecule has 2 heterocycles. The molecular weight excluding hydrogens is 464 g/mol. The van der Waals surface area contributed by atoms with Gasteiger partial charge in [-0.15, -0.1) is 0 Å². The number of carbonyl (C=O) groups excluding carboxylic acids is 1. The number of hydrogen-bond acceptors (Lipinski definition) is 6. The number of halogens is 1. The van der Waals surface area contributed by atoms with E-state index in [9.17, 15) is 13.2 Å². The minimum absolute atomic E-state index is 0.0552. The number of methoxy groups -OCH3 is 1. The summed E-state index contributed by atoms with van der Waals surface area (Å²) in [5.41, 5.74) is 0.765. The van der Waals surface area contributed by atoms with Crippen molar-refractivity contribution in [2.75, 3.05) is 42.9 Å². The number of rotatable bonds is 6. The van der Waals surface area contributed by atoms with Crippen molar-refractivity contribution in [3.05, 3.63) is 77.4 Å². The molecule has 1 saturated heterocycles. The van der Waals surface area contributed by atoms with E-state index in [0.717, 1.165) is 0 Å². The molecule has 1 amide bonds. The smallest absolute Gasteiger partial charge is 0.262 e. The van der Waals surface area contributed by atoms with E-state index in [1.54, 1.807) is 47.5 Å². The maximum atomic E-state index is 12.9. The number of ether oxygens (including phenoxy) is 1. The van der Waals surface area contributed by atoms with E-state index in [-0.39, 0.29) is 10.8 Å². The summed E-state index contributed by atoms with van der Waals surface area (Å²) in [5, 5.41) is 0.579. The van der Waals surface area contributed by atoms with Gasteiger partial charge < -0.3 is 14.5 Å². The first-order valence-corrected chi connectivity index (χ1v) is 12.2. The Morgan fingerprint density at radius 1 is 1.00 bits per heavy atom. The Kier molecular flexibility index (Phi) is 6.71. The molecule has 1 N–H and O–H groups in total. The van der Waals surface area contributed by atoms with Gasteiger partial charge in [0, 0.05) is 37.9 Å². The van der Waals surface area contributed by atoms with Gasteiger partial charge in [0.1, 0.15) is 11.6 Å². The van der Waals surface area contributed by atoms with Gasteiger partial charge in [-0.3, -0.25) is 9.52 Å². The van der Waals surface area contributed by atoms with Gasteiger partial charge in [-0.05, 0) is 48.5 Å². The number of nitrogens with one attached hydrogen (secondary N) is 1. The lowest BCUT2D eigenvalue weighted by atomic mass is 10.2. The molecule has 3 aromatic rings. The second kappa shape index (κ2) is 9.68. The summed E-state index contributed by atoms with van der Waals surface area (Å²) in [4.78, 5) is 21.1. The third kappa shape index (κ3) is 5.04. The van der Waals surface area contributed by atoms with Crippen molar-refractivity contribution in [3.8, 4) is 5.75 Å². The first-order chi connectivity index (χ1) is 15.9. The quantitative estimate of drug-likeness (QED) is 0.573. The summed E-state index contributed by atoms with van der Waals surface area (Å²) in [6.07, 6.45) is 1.69. The molecule has 1 aliphatic rings. The van der Waals surface area contributed by atoms with Gasteiger partial charge in [0.05, 0.1) is 22.7 Å². The molecule has 1 aromatic heterocycles. The minimum Gasteiger partial charge on any atom is -0.495 e. The van der Waals surface area contributed by atoms with E-state index in [4.69, 9.17) is 16.3 Å². The summed E-state index contributed by atoms with van der Waals surface area (Å²) in [6.45, 7) is 2.25. The van der Waals surface area contributed by atoms with Crippen molar-refractivity contribution >= 4 is 39.0 Å². The molecule has 0 radical (unpaired) electrons. The topological polar surface area (TPSA) is 91.8 Å². The largest absolute Gasteiger partial charge is 0.495 e. The molecule has 8 nitrogen and oxygen atoms in total. The van der Waals surface area contributed by atoms with Gasteiger partial charge in [0.25, 0.3) is 15.9 Å². The lowest BCUT2D eigenvalue weighted by Gasteiger charge is -2.35. The number of piperazine rings is 1. The number of pyridine rings is 1. The van der Waals surface area contributed by atoms with Crippen molar-refractivity contribution in [2.24, 2.45) is 0 Å². The molecule has 1 fully saturated rings. The molecule has 10 heteroatoms. The standard InChI is InChI=1S/C23H23ClN4O4S/c1-32-21-7-3-2-6-20(21)26-33(30,31)18-10-8-17(9-11-18)23(29)28-15-13-27(14-16-28)22-19(24)5-4-12-25-22/h2-12,26H,13-16H2,1H3. The SMILES string of the molecule is COc1ccccc1NS(=O)(=O)c1ccc(C(=O)N2CCN(c3ncccc3Cl)CC2)cc1. The molecule has 2 aromatic carbocycles. The van der Waals surface area contributed by atoms with Crippen LogP contribution in [0, 0.1) is 0 Å². The first-order valence-electron chi connectivity index (χ1n) is 10.3. The van der Waals surface area contributed by atoms with Gasteiger partial charge in [0.15, 0.2) is 0 Å². The number of amides is 1. The summed E-state index contributed by atoms with van der Waals surface area (Å²) in [5.74, 6) is 0.978. The molecule has 33 heavy (non-hydrogen) atoms. The fraction of sp³-hybridized carbons (Fsp3) is 0.217. The summed E-state index contributed by atoms with van der Waals surface area (Å²) in [7, 11) is -2.37. The zero-order valence-corrected chi connectivity index (χ0v) is 19.5.